The summed E-state index contributed by atoms with van der Waals surface area (Å²) < 4.78 is 0. The fourth-order valence-corrected chi connectivity index (χ4v) is 2.79. The molecule has 2 nitrogen and oxygen atoms in total. The van der Waals surface area contributed by atoms with E-state index >= 15 is 0 Å². The first-order chi connectivity index (χ1) is 9.76. The average molecular weight is 348 g/mol. The van der Waals surface area contributed by atoms with Crippen molar-refractivity contribution in [3.63, 3.8) is 0 Å². The molecular formula is C17H34BrNO. The van der Waals surface area contributed by atoms with Gasteiger partial charge in [-0.15, -0.1) is 0 Å². The van der Waals surface area contributed by atoms with E-state index in [1.807, 2.05) is 0 Å². The summed E-state index contributed by atoms with van der Waals surface area (Å²) in [7, 11) is 0. The van der Waals surface area contributed by atoms with Gasteiger partial charge in [0.2, 0.25) is 5.91 Å². The van der Waals surface area contributed by atoms with E-state index in [2.05, 4.69) is 34.7 Å². The van der Waals surface area contributed by atoms with Gasteiger partial charge >= 0.3 is 0 Å². The van der Waals surface area contributed by atoms with Crippen molar-refractivity contribution >= 4 is 21.8 Å². The van der Waals surface area contributed by atoms with Gasteiger partial charge in [-0.1, -0.05) is 87.6 Å². The molecule has 1 amide bonds. The molecule has 0 fully saturated rings. The molecule has 0 unspecified atom stereocenters. The van der Waals surface area contributed by atoms with Crippen molar-refractivity contribution in [2.75, 3.05) is 18.4 Å². The van der Waals surface area contributed by atoms with Crippen LogP contribution in [0, 0.1) is 0 Å². The van der Waals surface area contributed by atoms with E-state index in [1.165, 1.54) is 57.8 Å². The van der Waals surface area contributed by atoms with Gasteiger partial charge in [-0.3, -0.25) is 4.79 Å². The van der Waals surface area contributed by atoms with Gasteiger partial charge in [0.25, 0.3) is 0 Å². The molecule has 120 valence electrons. The Bertz CT molecular complexity index is 221. The SMILES string of the molecule is CCCCCCCCN(CCCCCCC)C(=O)CBr. The molecule has 0 bridgehead atoms. The largest absolute Gasteiger partial charge is 0.342 e. The van der Waals surface area contributed by atoms with Crippen LogP contribution < -0.4 is 0 Å². The van der Waals surface area contributed by atoms with E-state index in [9.17, 15) is 4.79 Å². The van der Waals surface area contributed by atoms with Crippen LogP contribution in [0.4, 0.5) is 0 Å². The zero-order chi connectivity index (χ0) is 15.1. The van der Waals surface area contributed by atoms with Crippen molar-refractivity contribution in [1.29, 1.82) is 0 Å². The highest BCUT2D eigenvalue weighted by Crippen LogP contribution is 2.09. The molecule has 0 radical (unpaired) electrons. The number of unbranched alkanes of at least 4 members (excludes halogenated alkanes) is 9. The van der Waals surface area contributed by atoms with Crippen molar-refractivity contribution in [3.05, 3.63) is 0 Å². The lowest BCUT2D eigenvalue weighted by molar-refractivity contribution is -0.128. The van der Waals surface area contributed by atoms with Crippen LogP contribution in [0.5, 0.6) is 0 Å². The standard InChI is InChI=1S/C17H34BrNO/c1-3-5-7-9-11-13-15-19(17(20)16-18)14-12-10-8-6-4-2/h3-16H2,1-2H3. The number of alkyl halides is 1. The third-order valence-corrected chi connectivity index (χ3v) is 4.26. The Labute approximate surface area is 134 Å². The Balaban J connectivity index is 3.71. The maximum atomic E-state index is 11.9. The Morgan fingerprint density at radius 1 is 0.750 bits per heavy atom. The van der Waals surface area contributed by atoms with Gasteiger partial charge in [-0.2, -0.15) is 0 Å². The fourth-order valence-electron chi connectivity index (χ4n) is 2.43. The smallest absolute Gasteiger partial charge is 0.233 e. The number of amides is 1. The molecule has 0 aliphatic rings. The van der Waals surface area contributed by atoms with E-state index in [1.54, 1.807) is 0 Å². The van der Waals surface area contributed by atoms with Gasteiger partial charge in [0.05, 0.1) is 5.33 Å². The molecule has 0 atom stereocenters. The number of carbonyl (C=O) groups is 1. The molecule has 3 heteroatoms. The van der Waals surface area contributed by atoms with E-state index < -0.39 is 0 Å². The molecule has 20 heavy (non-hydrogen) atoms. The maximum absolute atomic E-state index is 11.9. The molecule has 0 aromatic carbocycles. The minimum absolute atomic E-state index is 0.258. The molecule has 0 heterocycles. The van der Waals surface area contributed by atoms with Gasteiger partial charge < -0.3 is 4.90 Å². The Kier molecular flexibility index (Phi) is 15.3. The molecule has 0 saturated carbocycles. The molecule has 0 rings (SSSR count). The molecule has 0 N–H and O–H groups in total. The summed E-state index contributed by atoms with van der Waals surface area (Å²) in [5.74, 6) is 0.258. The number of halogens is 1. The highest BCUT2D eigenvalue weighted by Gasteiger charge is 2.10. The number of nitrogens with zero attached hydrogens (tertiary/aromatic N) is 1. The highest BCUT2D eigenvalue weighted by molar-refractivity contribution is 9.09. The van der Waals surface area contributed by atoms with E-state index in [0.29, 0.717) is 5.33 Å². The monoisotopic (exact) mass is 347 g/mol. The highest BCUT2D eigenvalue weighted by atomic mass is 79.9. The second-order valence-electron chi connectivity index (χ2n) is 5.70. The van der Waals surface area contributed by atoms with Crippen molar-refractivity contribution in [1.82, 2.24) is 4.90 Å². The summed E-state index contributed by atoms with van der Waals surface area (Å²) in [6.07, 6.45) is 14.1. The van der Waals surface area contributed by atoms with Crippen LogP contribution in [0.3, 0.4) is 0 Å². The van der Waals surface area contributed by atoms with Crippen molar-refractivity contribution < 1.29 is 4.79 Å². The minimum Gasteiger partial charge on any atom is -0.342 e. The predicted octanol–water partition coefficient (Wildman–Crippen LogP) is 5.54. The molecular weight excluding hydrogens is 314 g/mol. The lowest BCUT2D eigenvalue weighted by atomic mass is 10.1. The minimum atomic E-state index is 0.258. The van der Waals surface area contributed by atoms with Gasteiger partial charge in [0.15, 0.2) is 0 Å². The first-order valence-corrected chi connectivity index (χ1v) is 9.72. The topological polar surface area (TPSA) is 20.3 Å². The second-order valence-corrected chi connectivity index (χ2v) is 6.26. The zero-order valence-electron chi connectivity index (χ0n) is 13.6. The van der Waals surface area contributed by atoms with Crippen LogP contribution in [-0.2, 0) is 4.79 Å². The van der Waals surface area contributed by atoms with Crippen LogP contribution in [0.15, 0.2) is 0 Å². The molecule has 0 aromatic heterocycles. The van der Waals surface area contributed by atoms with Crippen LogP contribution in [0.1, 0.15) is 84.5 Å². The number of carbonyl (C=O) groups excluding carboxylic acids is 1. The van der Waals surface area contributed by atoms with Crippen LogP contribution in [-0.4, -0.2) is 29.2 Å². The third-order valence-electron chi connectivity index (χ3n) is 3.78. The summed E-state index contributed by atoms with van der Waals surface area (Å²) >= 11 is 3.30. The maximum Gasteiger partial charge on any atom is 0.233 e. The van der Waals surface area contributed by atoms with Gasteiger partial charge in [0, 0.05) is 13.1 Å². The average Bonchev–Trinajstić information content (AvgIpc) is 2.47. The number of hydrogen-bond acceptors (Lipinski definition) is 1. The number of hydrogen-bond donors (Lipinski definition) is 0. The number of rotatable bonds is 14. The van der Waals surface area contributed by atoms with Gasteiger partial charge in [-0.25, -0.2) is 0 Å². The lowest BCUT2D eigenvalue weighted by Gasteiger charge is -2.22. The van der Waals surface area contributed by atoms with Gasteiger partial charge in [-0.05, 0) is 12.8 Å². The van der Waals surface area contributed by atoms with Crippen LogP contribution in [0.2, 0.25) is 0 Å². The molecule has 0 spiro atoms. The van der Waals surface area contributed by atoms with E-state index in [0.717, 1.165) is 25.9 Å². The Morgan fingerprint density at radius 3 is 1.55 bits per heavy atom. The molecule has 0 aromatic rings. The zero-order valence-corrected chi connectivity index (χ0v) is 15.2. The van der Waals surface area contributed by atoms with Crippen LogP contribution >= 0.6 is 15.9 Å². The summed E-state index contributed by atoms with van der Waals surface area (Å²) in [5.41, 5.74) is 0. The third kappa shape index (κ3) is 11.7. The first-order valence-electron chi connectivity index (χ1n) is 8.60. The van der Waals surface area contributed by atoms with E-state index in [4.69, 9.17) is 0 Å². The van der Waals surface area contributed by atoms with Crippen molar-refractivity contribution in [3.8, 4) is 0 Å². The lowest BCUT2D eigenvalue weighted by Crippen LogP contribution is -2.33. The summed E-state index contributed by atoms with van der Waals surface area (Å²) in [4.78, 5) is 13.9. The second kappa shape index (κ2) is 15.3. The van der Waals surface area contributed by atoms with Crippen molar-refractivity contribution in [2.24, 2.45) is 0 Å². The van der Waals surface area contributed by atoms with Crippen molar-refractivity contribution in [2.45, 2.75) is 84.5 Å². The molecule has 0 aliphatic heterocycles. The normalized spacial score (nSPS) is 10.8. The predicted molar refractivity (Wildman–Crippen MR) is 92.5 cm³/mol. The Morgan fingerprint density at radius 2 is 1.15 bits per heavy atom. The quantitative estimate of drug-likeness (QED) is 0.298. The van der Waals surface area contributed by atoms with Gasteiger partial charge in [0.1, 0.15) is 0 Å². The molecule has 0 aliphatic carbocycles. The fraction of sp³-hybridized carbons (Fsp3) is 0.941. The summed E-state index contributed by atoms with van der Waals surface area (Å²) in [6.45, 7) is 6.38. The summed E-state index contributed by atoms with van der Waals surface area (Å²) in [6, 6.07) is 0. The first kappa shape index (κ1) is 19.9. The Hall–Kier alpha value is -0.0500. The summed E-state index contributed by atoms with van der Waals surface area (Å²) in [5, 5.41) is 0.470. The molecule has 0 saturated heterocycles. The van der Waals surface area contributed by atoms with Crippen LogP contribution in [0.25, 0.3) is 0 Å². The van der Waals surface area contributed by atoms with E-state index in [-0.39, 0.29) is 5.91 Å².